The van der Waals surface area contributed by atoms with Crippen LogP contribution in [0.2, 0.25) is 0 Å². The van der Waals surface area contributed by atoms with Crippen molar-refractivity contribution in [2.45, 2.75) is 0 Å². The largest absolute Gasteiger partial charge is 2.00 e. The van der Waals surface area contributed by atoms with Crippen molar-refractivity contribution in [3.8, 4) is 0 Å². The molecule has 10 heteroatoms. The van der Waals surface area contributed by atoms with Crippen molar-refractivity contribution in [3.05, 3.63) is 316 Å². The fourth-order valence-corrected chi connectivity index (χ4v) is 18.3. The van der Waals surface area contributed by atoms with Crippen LogP contribution in [0.15, 0.2) is 316 Å². The molecule has 0 atom stereocenters. The molecule has 8 aromatic carbocycles. The zero-order chi connectivity index (χ0) is 48.8. The van der Waals surface area contributed by atoms with Gasteiger partial charge in [0.2, 0.25) is 0 Å². The zero-order valence-corrected chi connectivity index (χ0v) is 47.2. The van der Waals surface area contributed by atoms with Crippen molar-refractivity contribution in [3.63, 3.8) is 0 Å². The van der Waals surface area contributed by atoms with Crippen molar-refractivity contribution in [1.29, 1.82) is 0 Å². The number of nitrogens with zero attached hydrogens (tertiary/aromatic N) is 4. The Morgan fingerprint density at radius 2 is 0.311 bits per heavy atom. The molecule has 0 N–H and O–H groups in total. The normalized spacial score (nSPS) is 10.4. The molecule has 362 valence electrons. The second-order valence-electron chi connectivity index (χ2n) is 16.5. The van der Waals surface area contributed by atoms with Crippen LogP contribution in [0.5, 0.6) is 0 Å². The summed E-state index contributed by atoms with van der Waals surface area (Å²) in [6.07, 6.45) is 7.52. The third-order valence-electron chi connectivity index (χ3n) is 11.7. The number of rotatable bonds is 12. The van der Waals surface area contributed by atoms with E-state index in [0.29, 0.717) is 0 Å². The quantitative estimate of drug-likeness (QED) is 0.0911. The van der Waals surface area contributed by atoms with Crippen LogP contribution in [0.1, 0.15) is 0 Å². The van der Waals surface area contributed by atoms with E-state index in [2.05, 4.69) is 287 Å². The smallest absolute Gasteiger partial charge is 0.633 e. The first kappa shape index (κ1) is 55.6. The summed E-state index contributed by atoms with van der Waals surface area (Å²) in [4.78, 5) is 18.1. The molecule has 0 bridgehead atoms. The van der Waals surface area contributed by atoms with E-state index in [1.807, 2.05) is 49.1 Å². The van der Waals surface area contributed by atoms with Crippen LogP contribution in [0.4, 0.5) is 0 Å². The van der Waals surface area contributed by atoms with Crippen LogP contribution in [-0.2, 0) is 38.2 Å². The molecule has 4 heterocycles. The molecule has 0 aliphatic carbocycles. The van der Waals surface area contributed by atoms with Gasteiger partial charge in [-0.2, -0.15) is 24.8 Å². The minimum absolute atomic E-state index is 0. The van der Waals surface area contributed by atoms with E-state index >= 15 is 0 Å². The first-order valence-electron chi connectivity index (χ1n) is 24.0. The van der Waals surface area contributed by atoms with Gasteiger partial charge in [-0.05, 0) is 121 Å². The van der Waals surface area contributed by atoms with Gasteiger partial charge in [-0.3, -0.25) is 0 Å². The molecule has 0 aliphatic heterocycles. The number of benzene rings is 8. The Morgan fingerprint density at radius 3 is 0.419 bits per heavy atom. The predicted molar refractivity (Wildman–Crippen MR) is 319 cm³/mol. The third kappa shape index (κ3) is 15.4. The van der Waals surface area contributed by atoms with Gasteiger partial charge in [-0.15, -0.1) is 0 Å². The summed E-state index contributed by atoms with van der Waals surface area (Å²) >= 11 is 0. The van der Waals surface area contributed by atoms with E-state index < -0.39 is 31.7 Å². The van der Waals surface area contributed by atoms with Crippen molar-refractivity contribution in [2.24, 2.45) is 0 Å². The van der Waals surface area contributed by atoms with Gasteiger partial charge in [0.15, 0.2) is 0 Å². The first-order chi connectivity index (χ1) is 35.8. The summed E-state index contributed by atoms with van der Waals surface area (Å²) in [5.74, 6) is 0. The molecule has 74 heavy (non-hydrogen) atoms. The average Bonchev–Trinajstić information content (AvgIpc) is 4.34. The minimum Gasteiger partial charge on any atom is -0.633 e. The Hall–Kier alpha value is -6.19. The third-order valence-corrected chi connectivity index (χ3v) is 22.3. The van der Waals surface area contributed by atoms with Crippen molar-refractivity contribution in [2.75, 3.05) is 0 Å². The van der Waals surface area contributed by atoms with Gasteiger partial charge in [0.05, 0.1) is 74.1 Å². The summed E-state index contributed by atoms with van der Waals surface area (Å²) < 4.78 is 0. The molecule has 4 aromatic heterocycles. The molecule has 0 fully saturated rings. The summed E-state index contributed by atoms with van der Waals surface area (Å²) in [7, 11) is -3.78. The molecule has 0 radical (unpaired) electrons. The van der Waals surface area contributed by atoms with Crippen LogP contribution in [-0.4, -0.2) is 0 Å². The van der Waals surface area contributed by atoms with Crippen molar-refractivity contribution < 1.29 is 38.2 Å². The number of hydrogen-bond acceptors (Lipinski definition) is 0. The second kappa shape index (κ2) is 30.2. The van der Waals surface area contributed by atoms with Crippen molar-refractivity contribution >= 4 is 95.9 Å². The Kier molecular flexibility index (Phi) is 22.7. The van der Waals surface area contributed by atoms with E-state index in [9.17, 15) is 0 Å². The van der Waals surface area contributed by atoms with Gasteiger partial charge in [0.25, 0.3) is 0 Å². The summed E-state index contributed by atoms with van der Waals surface area (Å²) in [5, 5.41) is 11.1. The molecule has 0 saturated heterocycles. The summed E-state index contributed by atoms with van der Waals surface area (Å²) in [6.45, 7) is 0. The Morgan fingerprint density at radius 1 is 0.176 bits per heavy atom. The van der Waals surface area contributed by atoms with Crippen LogP contribution < -0.4 is 84.1 Å². The maximum Gasteiger partial charge on any atom is 2.00 e. The van der Waals surface area contributed by atoms with Crippen molar-refractivity contribution in [1.82, 2.24) is 19.9 Å². The molecule has 12 rings (SSSR count). The maximum atomic E-state index is 4.51. The molecular weight excluding hydrogens is 1060 g/mol. The molecule has 0 aliphatic rings. The van der Waals surface area contributed by atoms with E-state index in [1.165, 1.54) is 64.2 Å². The van der Waals surface area contributed by atoms with E-state index in [0.717, 1.165) is 0 Å². The van der Waals surface area contributed by atoms with Gasteiger partial charge >= 0.3 is 38.2 Å². The average molecular weight is 1110 g/mol. The van der Waals surface area contributed by atoms with Crippen LogP contribution in [0, 0.1) is 0 Å². The Labute approximate surface area is 466 Å². The van der Waals surface area contributed by atoms with Crippen LogP contribution in [0.3, 0.4) is 0 Å². The summed E-state index contributed by atoms with van der Waals surface area (Å²) in [5.41, 5.74) is 4.82. The molecule has 4 nitrogen and oxygen atoms in total. The molecule has 12 aromatic rings. The minimum atomic E-state index is -0.945. The molecular formula is C64H56N4NiP4Ti+4. The SMILES string of the molecule is [Ni+2].[Ti+2].c1ccc([PH+](c2ccccc2)c2ccc[n-]2)cc1.c1ccc([PH+](c2ccccc2)c2ccc[n-]2)cc1.c1ccc([PH+](c2ccccc2)c2ccc[n-]2)cc1.c1ccc([PH+](c2ccccc2)c2ccc[n-]2)cc1. The van der Waals surface area contributed by atoms with E-state index in [4.69, 9.17) is 0 Å². The predicted octanol–water partition coefficient (Wildman–Crippen LogP) is 8.53. The van der Waals surface area contributed by atoms with Gasteiger partial charge in [0.1, 0.15) is 0 Å². The van der Waals surface area contributed by atoms with Gasteiger partial charge in [0, 0.05) is 21.7 Å². The molecule has 0 unspecified atom stereocenters. The standard InChI is InChI=1S/4C16H13NP.Ni.Ti/c4*1-3-8-14(9-4-1)18(16-12-7-13-17-16)15-10-5-2-6-11-15;;/h4*1-13H;;/q4*-1;2*+2/p+4. The Bertz CT molecular complexity index is 2660. The fourth-order valence-electron chi connectivity index (χ4n) is 8.48. The zero-order valence-electron chi connectivity index (χ0n) is 40.6. The second-order valence-corrected chi connectivity index (χ2v) is 26.2. The monoisotopic (exact) mass is 1110 g/mol. The number of hydrogen-bond donors (Lipinski definition) is 0. The molecule has 0 spiro atoms. The van der Waals surface area contributed by atoms with E-state index in [-0.39, 0.29) is 38.2 Å². The summed E-state index contributed by atoms with van der Waals surface area (Å²) in [6, 6.07) is 102. The molecule has 0 saturated carbocycles. The Balaban J connectivity index is 0.000000143. The first-order valence-corrected chi connectivity index (χ1v) is 30.0. The fraction of sp³-hybridized carbons (Fsp3) is 0. The van der Waals surface area contributed by atoms with Gasteiger partial charge in [-0.1, -0.05) is 170 Å². The molecule has 0 amide bonds. The van der Waals surface area contributed by atoms with Gasteiger partial charge in [-0.25, -0.2) is 0 Å². The van der Waals surface area contributed by atoms with Gasteiger partial charge < -0.3 is 19.9 Å². The van der Waals surface area contributed by atoms with Crippen LogP contribution >= 0.6 is 31.7 Å². The number of aromatic nitrogens is 4. The van der Waals surface area contributed by atoms with Crippen LogP contribution in [0.25, 0.3) is 0 Å². The maximum absolute atomic E-state index is 4.51. The topological polar surface area (TPSA) is 56.4 Å². The van der Waals surface area contributed by atoms with E-state index in [1.54, 1.807) is 0 Å².